The molecule has 1 saturated carbocycles. The van der Waals surface area contributed by atoms with Crippen LogP contribution in [0.3, 0.4) is 0 Å². The summed E-state index contributed by atoms with van der Waals surface area (Å²) in [7, 11) is 0. The number of urea groups is 1. The average Bonchev–Trinajstić information content (AvgIpc) is 2.89. The molecule has 1 spiro atoms. The van der Waals surface area contributed by atoms with E-state index < -0.39 is 42.5 Å². The first-order chi connectivity index (χ1) is 13.3. The fraction of sp³-hybridized carbons (Fsp3) is 0.500. The van der Waals surface area contributed by atoms with Crippen LogP contribution in [0.2, 0.25) is 5.15 Å². The van der Waals surface area contributed by atoms with E-state index in [4.69, 9.17) is 16.3 Å². The summed E-state index contributed by atoms with van der Waals surface area (Å²) in [6, 6.07) is 2.53. The van der Waals surface area contributed by atoms with Crippen molar-refractivity contribution in [1.29, 1.82) is 0 Å². The van der Waals surface area contributed by atoms with E-state index in [0.717, 1.165) is 24.2 Å². The number of hydrogen-bond donors (Lipinski definition) is 2. The lowest BCUT2D eigenvalue weighted by Gasteiger charge is -2.36. The molecule has 150 valence electrons. The zero-order valence-corrected chi connectivity index (χ0v) is 16.1. The van der Waals surface area contributed by atoms with Gasteiger partial charge in [-0.2, -0.15) is 0 Å². The smallest absolute Gasteiger partial charge is 0.326 e. The summed E-state index contributed by atoms with van der Waals surface area (Å²) < 4.78 is 4.89. The topological polar surface area (TPSA) is 118 Å². The summed E-state index contributed by atoms with van der Waals surface area (Å²) in [4.78, 5) is 53.6. The minimum atomic E-state index is -0.940. The Morgan fingerprint density at radius 3 is 2.93 bits per heavy atom. The Labute approximate surface area is 166 Å². The Morgan fingerprint density at radius 1 is 1.43 bits per heavy atom. The molecule has 28 heavy (non-hydrogen) atoms. The molecule has 1 aromatic heterocycles. The first kappa shape index (κ1) is 20.1. The van der Waals surface area contributed by atoms with E-state index in [1.807, 2.05) is 6.92 Å². The third kappa shape index (κ3) is 3.94. The predicted molar refractivity (Wildman–Crippen MR) is 99.4 cm³/mol. The lowest BCUT2D eigenvalue weighted by Crippen LogP contribution is -2.54. The number of amides is 4. The number of ether oxygens (including phenoxy) is 1. The van der Waals surface area contributed by atoms with Crippen LogP contribution in [0.5, 0.6) is 0 Å². The first-order valence-electron chi connectivity index (χ1n) is 9.03. The van der Waals surface area contributed by atoms with Crippen molar-refractivity contribution in [2.75, 3.05) is 18.5 Å². The Kier molecular flexibility index (Phi) is 5.83. The highest BCUT2D eigenvalue weighted by Gasteiger charge is 2.55. The third-order valence-electron chi connectivity index (χ3n) is 5.19. The molecule has 2 N–H and O–H groups in total. The molecule has 2 heterocycles. The number of nitrogens with one attached hydrogen (secondary N) is 2. The van der Waals surface area contributed by atoms with Gasteiger partial charge in [-0.05, 0) is 30.9 Å². The number of pyridine rings is 1. The van der Waals surface area contributed by atoms with Crippen LogP contribution in [0, 0.1) is 5.92 Å². The maximum absolute atomic E-state index is 12.8. The van der Waals surface area contributed by atoms with Gasteiger partial charge in [-0.3, -0.25) is 19.3 Å². The molecule has 1 aliphatic carbocycles. The van der Waals surface area contributed by atoms with Crippen LogP contribution in [0.1, 0.15) is 32.6 Å². The van der Waals surface area contributed by atoms with Crippen molar-refractivity contribution in [3.05, 3.63) is 23.5 Å². The summed E-state index contributed by atoms with van der Waals surface area (Å²) in [5, 5.41) is 5.32. The van der Waals surface area contributed by atoms with Crippen LogP contribution in [0.4, 0.5) is 10.5 Å². The van der Waals surface area contributed by atoms with Crippen molar-refractivity contribution >= 4 is 41.1 Å². The fourth-order valence-electron chi connectivity index (χ4n) is 3.63. The number of nitrogens with zero attached hydrogens (tertiary/aromatic N) is 2. The number of imide groups is 1. The van der Waals surface area contributed by atoms with Gasteiger partial charge in [0.15, 0.2) is 11.8 Å². The minimum absolute atomic E-state index is 0.00581. The number of esters is 1. The Hall–Kier alpha value is -2.68. The molecule has 10 heteroatoms. The van der Waals surface area contributed by atoms with E-state index in [-0.39, 0.29) is 16.8 Å². The Balaban J connectivity index is 1.53. The molecule has 1 aliphatic heterocycles. The molecule has 1 saturated heterocycles. The molecule has 0 radical (unpaired) electrons. The molecular formula is C18H21ClN4O5. The standard InChI is InChI=1S/C18H21ClN4O5/c1-11-5-2-3-7-18(11)16(26)23(17(27)22-18)9-14(25)28-10-13(24)21-12-6-4-8-20-15(12)19/h4,6,8,11H,2-3,5,7,9-10H2,1H3,(H,21,24)(H,22,27)/t11-,18-/m1/s1. The highest BCUT2D eigenvalue weighted by molar-refractivity contribution is 6.32. The third-order valence-corrected chi connectivity index (χ3v) is 5.49. The van der Waals surface area contributed by atoms with Gasteiger partial charge in [0.2, 0.25) is 0 Å². The van der Waals surface area contributed by atoms with E-state index in [2.05, 4.69) is 15.6 Å². The van der Waals surface area contributed by atoms with Crippen LogP contribution in [-0.4, -0.2) is 52.4 Å². The maximum atomic E-state index is 12.8. The van der Waals surface area contributed by atoms with Gasteiger partial charge in [0.25, 0.3) is 11.8 Å². The highest BCUT2D eigenvalue weighted by Crippen LogP contribution is 2.38. The Bertz CT molecular complexity index is 817. The van der Waals surface area contributed by atoms with E-state index in [9.17, 15) is 19.2 Å². The van der Waals surface area contributed by atoms with Crippen LogP contribution in [-0.2, 0) is 19.1 Å². The van der Waals surface area contributed by atoms with Gasteiger partial charge in [0.1, 0.15) is 12.1 Å². The van der Waals surface area contributed by atoms with Crippen LogP contribution >= 0.6 is 11.6 Å². The van der Waals surface area contributed by atoms with E-state index in [1.54, 1.807) is 12.1 Å². The number of hydrogen-bond acceptors (Lipinski definition) is 6. The number of carbonyl (C=O) groups excluding carboxylic acids is 4. The quantitative estimate of drug-likeness (QED) is 0.435. The zero-order valence-electron chi connectivity index (χ0n) is 15.4. The minimum Gasteiger partial charge on any atom is -0.454 e. The first-order valence-corrected chi connectivity index (χ1v) is 9.41. The van der Waals surface area contributed by atoms with Crippen molar-refractivity contribution in [3.8, 4) is 0 Å². The highest BCUT2D eigenvalue weighted by atomic mass is 35.5. The van der Waals surface area contributed by atoms with Gasteiger partial charge >= 0.3 is 12.0 Å². The maximum Gasteiger partial charge on any atom is 0.326 e. The van der Waals surface area contributed by atoms with E-state index in [0.29, 0.717) is 6.42 Å². The average molecular weight is 409 g/mol. The van der Waals surface area contributed by atoms with Gasteiger partial charge in [0, 0.05) is 6.20 Å². The van der Waals surface area contributed by atoms with Gasteiger partial charge < -0.3 is 15.4 Å². The number of aromatic nitrogens is 1. The van der Waals surface area contributed by atoms with Crippen molar-refractivity contribution < 1.29 is 23.9 Å². The lowest BCUT2D eigenvalue weighted by molar-refractivity contribution is -0.150. The number of rotatable bonds is 5. The molecule has 2 atom stereocenters. The van der Waals surface area contributed by atoms with E-state index >= 15 is 0 Å². The van der Waals surface area contributed by atoms with Crippen LogP contribution < -0.4 is 10.6 Å². The van der Waals surface area contributed by atoms with Crippen molar-refractivity contribution in [2.45, 2.75) is 38.1 Å². The van der Waals surface area contributed by atoms with Gasteiger partial charge in [-0.1, -0.05) is 31.4 Å². The molecule has 3 rings (SSSR count). The molecule has 2 fully saturated rings. The predicted octanol–water partition coefficient (Wildman–Crippen LogP) is 1.72. The van der Waals surface area contributed by atoms with Crippen LogP contribution in [0.15, 0.2) is 18.3 Å². The second kappa shape index (κ2) is 8.14. The monoisotopic (exact) mass is 408 g/mol. The van der Waals surface area contributed by atoms with Crippen molar-refractivity contribution in [3.63, 3.8) is 0 Å². The Morgan fingerprint density at radius 2 is 2.21 bits per heavy atom. The summed E-state index contributed by atoms with van der Waals surface area (Å²) in [6.07, 6.45) is 4.70. The molecule has 1 aromatic rings. The van der Waals surface area contributed by atoms with Crippen molar-refractivity contribution in [2.24, 2.45) is 5.92 Å². The molecular weight excluding hydrogens is 388 g/mol. The molecule has 0 bridgehead atoms. The summed E-state index contributed by atoms with van der Waals surface area (Å²) in [5.74, 6) is -1.88. The lowest BCUT2D eigenvalue weighted by atomic mass is 9.73. The largest absolute Gasteiger partial charge is 0.454 e. The van der Waals surface area contributed by atoms with Crippen LogP contribution in [0.25, 0.3) is 0 Å². The van der Waals surface area contributed by atoms with Crippen molar-refractivity contribution in [1.82, 2.24) is 15.2 Å². The molecule has 4 amide bonds. The van der Waals surface area contributed by atoms with Gasteiger partial charge in [0.05, 0.1) is 5.69 Å². The second-order valence-electron chi connectivity index (χ2n) is 6.99. The fourth-order valence-corrected chi connectivity index (χ4v) is 3.79. The number of halogens is 1. The van der Waals surface area contributed by atoms with Gasteiger partial charge in [-0.15, -0.1) is 0 Å². The number of anilines is 1. The summed E-state index contributed by atoms with van der Waals surface area (Å²) in [6.45, 7) is 0.808. The molecule has 0 aromatic carbocycles. The summed E-state index contributed by atoms with van der Waals surface area (Å²) >= 11 is 5.84. The number of carbonyl (C=O) groups is 4. The molecule has 0 unspecified atom stereocenters. The second-order valence-corrected chi connectivity index (χ2v) is 7.35. The molecule has 9 nitrogen and oxygen atoms in total. The normalized spacial score (nSPS) is 24.2. The zero-order chi connectivity index (χ0) is 20.3. The molecule has 2 aliphatic rings. The SMILES string of the molecule is C[C@@H]1CCCC[C@@]12NC(=O)N(CC(=O)OCC(=O)Nc1cccnc1Cl)C2=O. The van der Waals surface area contributed by atoms with E-state index in [1.165, 1.54) is 6.20 Å². The van der Waals surface area contributed by atoms with Gasteiger partial charge in [-0.25, -0.2) is 9.78 Å². The summed E-state index contributed by atoms with van der Waals surface area (Å²) in [5.41, 5.74) is -0.656.